The molecule has 2 aromatic rings. The lowest BCUT2D eigenvalue weighted by atomic mass is 10.1. The number of para-hydroxylation sites is 1. The second-order valence-electron chi connectivity index (χ2n) is 5.31. The first-order chi connectivity index (χ1) is 9.78. The fraction of sp³-hybridized carbons (Fsp3) is 0.429. The summed E-state index contributed by atoms with van der Waals surface area (Å²) in [5.74, 6) is -0.778. The maximum absolute atomic E-state index is 12.6. The van der Waals surface area contributed by atoms with Crippen molar-refractivity contribution in [2.24, 2.45) is 5.92 Å². The number of hydrogen-bond acceptors (Lipinski definition) is 2. The molecule has 0 radical (unpaired) electrons. The monoisotopic (exact) mass is 299 g/mol. The van der Waals surface area contributed by atoms with Crippen LogP contribution in [0.1, 0.15) is 24.3 Å². The molecule has 2 rings (SSSR count). The fourth-order valence-electron chi connectivity index (χ4n) is 2.15. The van der Waals surface area contributed by atoms with E-state index in [1.165, 1.54) is 0 Å². The Bertz CT molecular complexity index is 634. The summed E-state index contributed by atoms with van der Waals surface area (Å²) in [6, 6.07) is 6.85. The Labute approximate surface area is 119 Å². The van der Waals surface area contributed by atoms with Gasteiger partial charge in [0, 0.05) is 11.9 Å². The minimum atomic E-state index is -4.43. The summed E-state index contributed by atoms with van der Waals surface area (Å²) >= 11 is 0. The highest BCUT2D eigenvalue weighted by Gasteiger charge is 2.34. The Hall–Kier alpha value is -2.05. The number of alkyl halides is 3. The highest BCUT2D eigenvalue weighted by atomic mass is 19.4. The van der Waals surface area contributed by atoms with Crippen LogP contribution in [0, 0.1) is 5.92 Å². The van der Waals surface area contributed by atoms with Crippen molar-refractivity contribution >= 4 is 16.8 Å². The molecule has 0 saturated carbocycles. The fourth-order valence-corrected chi connectivity index (χ4v) is 2.15. The number of nitrogens with one attached hydrogen (secondary N) is 1. The van der Waals surface area contributed by atoms with Gasteiger partial charge in [0.1, 0.15) is 6.54 Å². The van der Waals surface area contributed by atoms with Crippen molar-refractivity contribution < 1.29 is 18.0 Å². The summed E-state index contributed by atoms with van der Waals surface area (Å²) in [5.41, 5.74) is 0.646. The van der Waals surface area contributed by atoms with E-state index in [0.717, 1.165) is 4.90 Å². The standard InChI is InChI=1S/C14H16F3N3O/c1-9(2)7-20(8-14(15,16)17)13(21)12-10-5-3-4-6-11(10)18-19-12/h3-6,9H,7-8H2,1-2H3,(H,18,19). The van der Waals surface area contributed by atoms with Crippen molar-refractivity contribution in [3.8, 4) is 0 Å². The van der Waals surface area contributed by atoms with E-state index in [2.05, 4.69) is 10.2 Å². The van der Waals surface area contributed by atoms with E-state index >= 15 is 0 Å². The molecule has 0 unspecified atom stereocenters. The van der Waals surface area contributed by atoms with E-state index in [-0.39, 0.29) is 18.2 Å². The third-order valence-electron chi connectivity index (χ3n) is 2.92. The van der Waals surface area contributed by atoms with Crippen LogP contribution in [0.15, 0.2) is 24.3 Å². The molecular formula is C14H16F3N3O. The predicted octanol–water partition coefficient (Wildman–Crippen LogP) is 3.22. The molecule has 1 heterocycles. The number of carbonyl (C=O) groups excluding carboxylic acids is 1. The molecule has 0 spiro atoms. The number of nitrogens with zero attached hydrogens (tertiary/aromatic N) is 2. The molecule has 0 saturated heterocycles. The zero-order valence-electron chi connectivity index (χ0n) is 11.7. The van der Waals surface area contributed by atoms with Crippen molar-refractivity contribution in [1.82, 2.24) is 15.1 Å². The molecule has 1 aromatic heterocycles. The summed E-state index contributed by atoms with van der Waals surface area (Å²) in [4.78, 5) is 13.2. The summed E-state index contributed by atoms with van der Waals surface area (Å²) < 4.78 is 37.9. The highest BCUT2D eigenvalue weighted by Crippen LogP contribution is 2.21. The summed E-state index contributed by atoms with van der Waals surface area (Å²) in [7, 11) is 0. The lowest BCUT2D eigenvalue weighted by Gasteiger charge is -2.25. The van der Waals surface area contributed by atoms with Crippen molar-refractivity contribution in [2.45, 2.75) is 20.0 Å². The van der Waals surface area contributed by atoms with Gasteiger partial charge in [-0.3, -0.25) is 9.89 Å². The number of aromatic nitrogens is 2. The number of benzene rings is 1. The van der Waals surface area contributed by atoms with E-state index in [4.69, 9.17) is 0 Å². The number of H-pyrrole nitrogens is 1. The maximum Gasteiger partial charge on any atom is 0.406 e. The normalized spacial score (nSPS) is 12.1. The van der Waals surface area contributed by atoms with Gasteiger partial charge in [0.2, 0.25) is 0 Å². The molecule has 0 aliphatic heterocycles. The largest absolute Gasteiger partial charge is 0.406 e. The maximum atomic E-state index is 12.6. The van der Waals surface area contributed by atoms with Crippen molar-refractivity contribution in [3.05, 3.63) is 30.0 Å². The molecule has 0 aliphatic carbocycles. The number of amides is 1. The van der Waals surface area contributed by atoms with Crippen LogP contribution in [-0.4, -0.2) is 40.3 Å². The van der Waals surface area contributed by atoms with Gasteiger partial charge in [-0.25, -0.2) is 0 Å². The molecule has 4 nitrogen and oxygen atoms in total. The Balaban J connectivity index is 2.33. The molecule has 1 aromatic carbocycles. The third-order valence-corrected chi connectivity index (χ3v) is 2.92. The Kier molecular flexibility index (Phi) is 4.20. The lowest BCUT2D eigenvalue weighted by Crippen LogP contribution is -2.41. The van der Waals surface area contributed by atoms with Crippen LogP contribution in [0.4, 0.5) is 13.2 Å². The summed E-state index contributed by atoms with van der Waals surface area (Å²) in [6.07, 6.45) is -4.43. The molecule has 1 N–H and O–H groups in total. The van der Waals surface area contributed by atoms with Gasteiger partial charge >= 0.3 is 6.18 Å². The predicted molar refractivity (Wildman–Crippen MR) is 72.9 cm³/mol. The lowest BCUT2D eigenvalue weighted by molar-refractivity contribution is -0.141. The number of halogens is 3. The van der Waals surface area contributed by atoms with Gasteiger partial charge in [-0.2, -0.15) is 18.3 Å². The van der Waals surface area contributed by atoms with E-state index < -0.39 is 18.6 Å². The minimum Gasteiger partial charge on any atom is -0.328 e. The van der Waals surface area contributed by atoms with Crippen LogP contribution in [0.2, 0.25) is 0 Å². The zero-order chi connectivity index (χ0) is 15.6. The van der Waals surface area contributed by atoms with Gasteiger partial charge in [-0.1, -0.05) is 32.0 Å². The van der Waals surface area contributed by atoms with E-state index in [9.17, 15) is 18.0 Å². The van der Waals surface area contributed by atoms with Gasteiger partial charge in [0.05, 0.1) is 5.52 Å². The number of rotatable bonds is 4. The van der Waals surface area contributed by atoms with Crippen LogP contribution in [0.3, 0.4) is 0 Å². The topological polar surface area (TPSA) is 49.0 Å². The quantitative estimate of drug-likeness (QED) is 0.942. The molecule has 7 heteroatoms. The van der Waals surface area contributed by atoms with Crippen LogP contribution < -0.4 is 0 Å². The molecule has 114 valence electrons. The molecule has 1 amide bonds. The number of aromatic amines is 1. The number of fused-ring (bicyclic) bond motifs is 1. The number of hydrogen-bond donors (Lipinski definition) is 1. The average Bonchev–Trinajstić information content (AvgIpc) is 2.78. The molecular weight excluding hydrogens is 283 g/mol. The third kappa shape index (κ3) is 3.74. The highest BCUT2D eigenvalue weighted by molar-refractivity contribution is 6.04. The van der Waals surface area contributed by atoms with Crippen LogP contribution in [0.5, 0.6) is 0 Å². The van der Waals surface area contributed by atoms with Crippen LogP contribution >= 0.6 is 0 Å². The van der Waals surface area contributed by atoms with Crippen molar-refractivity contribution in [1.29, 1.82) is 0 Å². The first-order valence-electron chi connectivity index (χ1n) is 6.57. The molecule has 0 aliphatic rings. The van der Waals surface area contributed by atoms with Crippen LogP contribution in [0.25, 0.3) is 10.9 Å². The van der Waals surface area contributed by atoms with Gasteiger partial charge in [-0.15, -0.1) is 0 Å². The van der Waals surface area contributed by atoms with Gasteiger partial charge in [-0.05, 0) is 12.0 Å². The van der Waals surface area contributed by atoms with Gasteiger partial charge in [0.25, 0.3) is 5.91 Å². The zero-order valence-corrected chi connectivity index (χ0v) is 11.7. The number of carbonyl (C=O) groups is 1. The van der Waals surface area contributed by atoms with E-state index in [0.29, 0.717) is 10.9 Å². The smallest absolute Gasteiger partial charge is 0.328 e. The summed E-state index contributed by atoms with van der Waals surface area (Å²) in [5, 5.41) is 7.06. The SMILES string of the molecule is CC(C)CN(CC(F)(F)F)C(=O)c1n[nH]c2ccccc12. The van der Waals surface area contributed by atoms with Gasteiger partial charge < -0.3 is 4.90 Å². The average molecular weight is 299 g/mol. The molecule has 0 bridgehead atoms. The Morgan fingerprint density at radius 3 is 2.62 bits per heavy atom. The first kappa shape index (κ1) is 15.3. The van der Waals surface area contributed by atoms with Crippen molar-refractivity contribution in [2.75, 3.05) is 13.1 Å². The van der Waals surface area contributed by atoms with Crippen molar-refractivity contribution in [3.63, 3.8) is 0 Å². The van der Waals surface area contributed by atoms with E-state index in [1.807, 2.05) is 0 Å². The second kappa shape index (κ2) is 5.75. The van der Waals surface area contributed by atoms with E-state index in [1.54, 1.807) is 38.1 Å². The Morgan fingerprint density at radius 1 is 1.33 bits per heavy atom. The first-order valence-corrected chi connectivity index (χ1v) is 6.57. The molecule has 21 heavy (non-hydrogen) atoms. The minimum absolute atomic E-state index is 0.0236. The molecule has 0 atom stereocenters. The van der Waals surface area contributed by atoms with Gasteiger partial charge in [0.15, 0.2) is 5.69 Å². The van der Waals surface area contributed by atoms with Crippen LogP contribution in [-0.2, 0) is 0 Å². The Morgan fingerprint density at radius 2 is 2.00 bits per heavy atom. The molecule has 0 fully saturated rings. The summed E-state index contributed by atoms with van der Waals surface area (Å²) in [6.45, 7) is 2.28. The second-order valence-corrected chi connectivity index (χ2v) is 5.31.